The molecule has 0 fully saturated rings. The number of carbonyl (C=O) groups is 1. The third-order valence-corrected chi connectivity index (χ3v) is 1.63. The largest absolute Gasteiger partial charge is 0.368 e. The number of nitrogens with zero attached hydrogens (tertiary/aromatic N) is 1. The van der Waals surface area contributed by atoms with Crippen molar-refractivity contribution >= 4 is 17.5 Å². The lowest BCUT2D eigenvalue weighted by Gasteiger charge is -2.00. The van der Waals surface area contributed by atoms with E-state index in [1.165, 1.54) is 6.33 Å². The molecular weight excluding hydrogens is 166 g/mol. The third-order valence-electron chi connectivity index (χ3n) is 1.26. The summed E-state index contributed by atoms with van der Waals surface area (Å²) >= 11 is 5.58. The predicted molar refractivity (Wildman–Crippen MR) is 41.1 cm³/mol. The highest BCUT2D eigenvalue weighted by Gasteiger charge is 2.11. The van der Waals surface area contributed by atoms with E-state index in [1.54, 1.807) is 6.20 Å². The molecule has 1 heterocycles. The molecule has 0 aliphatic rings. The Morgan fingerprint density at radius 3 is 3.09 bits per heavy atom. The molecule has 1 atom stereocenters. The Balaban J connectivity index is 2.50. The number of hydrogen-bond acceptors (Lipinski definition) is 2. The first-order chi connectivity index (χ1) is 5.20. The van der Waals surface area contributed by atoms with E-state index in [4.69, 9.17) is 17.3 Å². The van der Waals surface area contributed by atoms with Crippen LogP contribution in [0, 0.1) is 0 Å². The van der Waals surface area contributed by atoms with Gasteiger partial charge < -0.3 is 10.7 Å². The van der Waals surface area contributed by atoms with Gasteiger partial charge in [0.1, 0.15) is 5.38 Å². The molecule has 1 rings (SSSR count). The summed E-state index contributed by atoms with van der Waals surface area (Å²) in [5, 5.41) is -0.657. The molecule has 0 saturated heterocycles. The van der Waals surface area contributed by atoms with E-state index < -0.39 is 11.3 Å². The number of primary amides is 1. The lowest BCUT2D eigenvalue weighted by Crippen LogP contribution is -2.25. The second-order valence-corrected chi connectivity index (χ2v) is 2.68. The van der Waals surface area contributed by atoms with E-state index >= 15 is 0 Å². The number of aromatic amines is 1. The lowest BCUT2D eigenvalue weighted by atomic mass is 10.2. The van der Waals surface area contributed by atoms with E-state index in [1.807, 2.05) is 0 Å². The molecule has 1 aromatic heterocycles. The molecule has 1 aromatic rings. The molecule has 3 N–H and O–H groups in total. The second kappa shape index (κ2) is 3.39. The van der Waals surface area contributed by atoms with Crippen LogP contribution < -0.4 is 5.73 Å². The smallest absolute Gasteiger partial charge is 0.235 e. The molecule has 0 aliphatic heterocycles. The van der Waals surface area contributed by atoms with Gasteiger partial charge in [-0.25, -0.2) is 4.98 Å². The second-order valence-electron chi connectivity index (χ2n) is 2.15. The van der Waals surface area contributed by atoms with Crippen molar-refractivity contribution in [3.63, 3.8) is 0 Å². The van der Waals surface area contributed by atoms with Gasteiger partial charge in [0.2, 0.25) is 5.91 Å². The molecule has 0 aromatic carbocycles. The van der Waals surface area contributed by atoms with Gasteiger partial charge in [-0.1, -0.05) is 0 Å². The molecule has 0 aliphatic carbocycles. The zero-order chi connectivity index (χ0) is 8.27. The van der Waals surface area contributed by atoms with Crippen molar-refractivity contribution in [2.45, 2.75) is 11.8 Å². The first-order valence-corrected chi connectivity index (χ1v) is 3.54. The summed E-state index contributed by atoms with van der Waals surface area (Å²) < 4.78 is 0. The summed E-state index contributed by atoms with van der Waals surface area (Å²) in [6.07, 6.45) is 3.54. The maximum absolute atomic E-state index is 10.5. The first-order valence-electron chi connectivity index (χ1n) is 3.11. The molecule has 0 saturated carbocycles. The van der Waals surface area contributed by atoms with E-state index in [0.29, 0.717) is 6.42 Å². The first kappa shape index (κ1) is 8.07. The van der Waals surface area contributed by atoms with Gasteiger partial charge in [-0.05, 0) is 0 Å². The van der Waals surface area contributed by atoms with Crippen molar-refractivity contribution in [1.82, 2.24) is 9.97 Å². The number of hydrogen-bond donors (Lipinski definition) is 2. The third kappa shape index (κ3) is 2.23. The zero-order valence-corrected chi connectivity index (χ0v) is 6.51. The van der Waals surface area contributed by atoms with Gasteiger partial charge in [0.25, 0.3) is 0 Å². The summed E-state index contributed by atoms with van der Waals surface area (Å²) in [5.41, 5.74) is 5.76. The summed E-state index contributed by atoms with van der Waals surface area (Å²) in [6, 6.07) is 0. The van der Waals surface area contributed by atoms with Crippen LogP contribution in [-0.4, -0.2) is 21.3 Å². The Kier molecular flexibility index (Phi) is 2.48. The molecule has 4 nitrogen and oxygen atoms in total. The maximum Gasteiger partial charge on any atom is 0.235 e. The normalized spacial score (nSPS) is 12.8. The molecule has 0 bridgehead atoms. The van der Waals surface area contributed by atoms with Crippen LogP contribution in [-0.2, 0) is 11.2 Å². The lowest BCUT2D eigenvalue weighted by molar-refractivity contribution is -0.117. The number of nitrogens with two attached hydrogens (primary N) is 1. The van der Waals surface area contributed by atoms with E-state index in [2.05, 4.69) is 9.97 Å². The van der Waals surface area contributed by atoms with E-state index in [-0.39, 0.29) is 0 Å². The zero-order valence-electron chi connectivity index (χ0n) is 5.75. The minimum absolute atomic E-state index is 0.400. The van der Waals surface area contributed by atoms with Gasteiger partial charge in [0.05, 0.1) is 6.33 Å². The molecule has 5 heteroatoms. The number of imidazole rings is 1. The number of rotatable bonds is 3. The van der Waals surface area contributed by atoms with E-state index in [9.17, 15) is 4.79 Å². The molecule has 1 unspecified atom stereocenters. The number of alkyl halides is 1. The topological polar surface area (TPSA) is 71.8 Å². The van der Waals surface area contributed by atoms with Gasteiger partial charge in [0.15, 0.2) is 0 Å². The summed E-state index contributed by atoms with van der Waals surface area (Å²) in [5.74, 6) is -0.513. The van der Waals surface area contributed by atoms with Gasteiger partial charge in [-0.2, -0.15) is 0 Å². The standard InChI is InChI=1S/C6H8ClN3O/c7-5(6(8)11)1-4-2-9-3-10-4/h2-3,5H,1H2,(H2,8,11)(H,9,10). The molecule has 1 amide bonds. The summed E-state index contributed by atoms with van der Waals surface area (Å²) in [4.78, 5) is 17.1. The summed E-state index contributed by atoms with van der Waals surface area (Å²) in [6.45, 7) is 0. The average molecular weight is 174 g/mol. The fourth-order valence-corrected chi connectivity index (χ4v) is 0.856. The van der Waals surface area contributed by atoms with Crippen molar-refractivity contribution in [2.24, 2.45) is 5.73 Å². The van der Waals surface area contributed by atoms with Crippen molar-refractivity contribution < 1.29 is 4.79 Å². The Bertz CT molecular complexity index is 234. The Hall–Kier alpha value is -1.03. The van der Waals surface area contributed by atoms with Crippen LogP contribution in [0.1, 0.15) is 5.69 Å². The fourth-order valence-electron chi connectivity index (χ4n) is 0.690. The van der Waals surface area contributed by atoms with Gasteiger partial charge in [0, 0.05) is 18.3 Å². The maximum atomic E-state index is 10.5. The van der Waals surface area contributed by atoms with Crippen LogP contribution in [0.4, 0.5) is 0 Å². The minimum Gasteiger partial charge on any atom is -0.368 e. The average Bonchev–Trinajstić information content (AvgIpc) is 2.39. The van der Waals surface area contributed by atoms with Crippen LogP contribution in [0.2, 0.25) is 0 Å². The minimum atomic E-state index is -0.657. The van der Waals surface area contributed by atoms with E-state index in [0.717, 1.165) is 5.69 Å². The molecule has 60 valence electrons. The van der Waals surface area contributed by atoms with Crippen LogP contribution in [0.25, 0.3) is 0 Å². The number of halogens is 1. The van der Waals surface area contributed by atoms with Crippen LogP contribution in [0.15, 0.2) is 12.5 Å². The van der Waals surface area contributed by atoms with Crippen molar-refractivity contribution in [3.8, 4) is 0 Å². The van der Waals surface area contributed by atoms with Crippen LogP contribution in [0.5, 0.6) is 0 Å². The van der Waals surface area contributed by atoms with Gasteiger partial charge in [-0.3, -0.25) is 4.79 Å². The Morgan fingerprint density at radius 2 is 2.64 bits per heavy atom. The highest BCUT2D eigenvalue weighted by atomic mass is 35.5. The predicted octanol–water partition coefficient (Wildman–Crippen LogP) is 0.0449. The molecular formula is C6H8ClN3O. The highest BCUT2D eigenvalue weighted by molar-refractivity contribution is 6.30. The quantitative estimate of drug-likeness (QED) is 0.634. The molecule has 0 spiro atoms. The summed E-state index contributed by atoms with van der Waals surface area (Å²) in [7, 11) is 0. The number of carbonyl (C=O) groups excluding carboxylic acids is 1. The number of amides is 1. The monoisotopic (exact) mass is 173 g/mol. The van der Waals surface area contributed by atoms with Gasteiger partial charge >= 0.3 is 0 Å². The SMILES string of the molecule is NC(=O)C(Cl)Cc1cnc[nH]1. The van der Waals surface area contributed by atoms with Crippen molar-refractivity contribution in [1.29, 1.82) is 0 Å². The number of nitrogens with one attached hydrogen (secondary N) is 1. The van der Waals surface area contributed by atoms with Crippen molar-refractivity contribution in [3.05, 3.63) is 18.2 Å². The van der Waals surface area contributed by atoms with Crippen LogP contribution >= 0.6 is 11.6 Å². The molecule has 0 radical (unpaired) electrons. The highest BCUT2D eigenvalue weighted by Crippen LogP contribution is 2.03. The number of aromatic nitrogens is 2. The fraction of sp³-hybridized carbons (Fsp3) is 0.333. The van der Waals surface area contributed by atoms with Gasteiger partial charge in [-0.15, -0.1) is 11.6 Å². The Labute approximate surface area is 68.8 Å². The van der Waals surface area contributed by atoms with Crippen LogP contribution in [0.3, 0.4) is 0 Å². The molecule has 11 heavy (non-hydrogen) atoms. The number of H-pyrrole nitrogens is 1. The van der Waals surface area contributed by atoms with Crippen molar-refractivity contribution in [2.75, 3.05) is 0 Å². The Morgan fingerprint density at radius 1 is 1.91 bits per heavy atom.